The van der Waals surface area contributed by atoms with Crippen LogP contribution in [0, 0.1) is 0 Å². The van der Waals surface area contributed by atoms with E-state index < -0.39 is 17.8 Å². The van der Waals surface area contributed by atoms with Gasteiger partial charge in [-0.3, -0.25) is 9.59 Å². The predicted octanol–water partition coefficient (Wildman–Crippen LogP) is 7.97. The summed E-state index contributed by atoms with van der Waals surface area (Å²) in [4.78, 5) is 39.4. The maximum Gasteiger partial charge on any atom is 0.333 e. The van der Waals surface area contributed by atoms with Crippen molar-refractivity contribution >= 4 is 17.8 Å². The monoisotopic (exact) mass is 463 g/mol. The number of nitrogens with zero attached hydrogens (tertiary/aromatic N) is 1. The standard InChI is InChI=1S/C28H49NO4/c1-2-3-4-5-6-7-8-9-10-11-12-13-14-15-16-17-18-19-20-21-22-23-28(32)33-29-26(30)24-25-27(29)31/h9-10H,2-8,11-25H2,1H3. The summed E-state index contributed by atoms with van der Waals surface area (Å²) < 4.78 is 0. The Balaban J connectivity index is 1.76. The van der Waals surface area contributed by atoms with E-state index in [2.05, 4.69) is 19.1 Å². The van der Waals surface area contributed by atoms with Crippen molar-refractivity contribution in [2.24, 2.45) is 0 Å². The lowest BCUT2D eigenvalue weighted by Gasteiger charge is -2.12. The molecule has 0 aromatic carbocycles. The summed E-state index contributed by atoms with van der Waals surface area (Å²) in [6.45, 7) is 2.27. The van der Waals surface area contributed by atoms with E-state index in [9.17, 15) is 14.4 Å². The first kappa shape index (κ1) is 29.4. The van der Waals surface area contributed by atoms with Crippen LogP contribution in [0.4, 0.5) is 0 Å². The fourth-order valence-electron chi connectivity index (χ4n) is 4.21. The lowest BCUT2D eigenvalue weighted by molar-refractivity contribution is -0.197. The topological polar surface area (TPSA) is 63.7 Å². The van der Waals surface area contributed by atoms with Gasteiger partial charge < -0.3 is 4.84 Å². The molecule has 0 aromatic rings. The molecule has 0 radical (unpaired) electrons. The minimum Gasteiger partial charge on any atom is -0.330 e. The van der Waals surface area contributed by atoms with Gasteiger partial charge in [0.05, 0.1) is 0 Å². The number of carbonyl (C=O) groups excluding carboxylic acids is 3. The molecule has 190 valence electrons. The van der Waals surface area contributed by atoms with E-state index in [4.69, 9.17) is 4.84 Å². The molecule has 0 aromatic heterocycles. The van der Waals surface area contributed by atoms with Crippen molar-refractivity contribution in [3.63, 3.8) is 0 Å². The third-order valence-electron chi connectivity index (χ3n) is 6.34. The molecule has 0 spiro atoms. The van der Waals surface area contributed by atoms with Gasteiger partial charge in [0.1, 0.15) is 0 Å². The van der Waals surface area contributed by atoms with E-state index in [0.29, 0.717) is 5.06 Å². The van der Waals surface area contributed by atoms with Gasteiger partial charge in [-0.2, -0.15) is 0 Å². The zero-order chi connectivity index (χ0) is 24.0. The molecule has 1 saturated heterocycles. The second kappa shape index (κ2) is 20.9. The molecule has 1 heterocycles. The first-order valence-corrected chi connectivity index (χ1v) is 13.9. The molecule has 0 saturated carbocycles. The lowest BCUT2D eigenvalue weighted by atomic mass is 10.0. The molecule has 5 nitrogen and oxygen atoms in total. The van der Waals surface area contributed by atoms with Crippen LogP contribution in [0.5, 0.6) is 0 Å². The molecule has 0 N–H and O–H groups in total. The zero-order valence-corrected chi connectivity index (χ0v) is 21.3. The van der Waals surface area contributed by atoms with E-state index in [1.807, 2.05) is 0 Å². The lowest BCUT2D eigenvalue weighted by Crippen LogP contribution is -2.31. The number of amides is 2. The Labute approximate surface area is 202 Å². The first-order chi connectivity index (χ1) is 16.1. The Morgan fingerprint density at radius 3 is 1.52 bits per heavy atom. The Morgan fingerprint density at radius 2 is 1.06 bits per heavy atom. The van der Waals surface area contributed by atoms with Crippen molar-refractivity contribution in [1.29, 1.82) is 0 Å². The third-order valence-corrected chi connectivity index (χ3v) is 6.34. The largest absolute Gasteiger partial charge is 0.333 e. The number of carbonyl (C=O) groups is 3. The van der Waals surface area contributed by atoms with Crippen LogP contribution in [-0.4, -0.2) is 22.8 Å². The van der Waals surface area contributed by atoms with Gasteiger partial charge in [-0.05, 0) is 32.1 Å². The van der Waals surface area contributed by atoms with Gasteiger partial charge in [0, 0.05) is 19.3 Å². The highest BCUT2D eigenvalue weighted by atomic mass is 16.7. The Kier molecular flexibility index (Phi) is 18.6. The number of hydrogen-bond donors (Lipinski definition) is 0. The molecule has 0 atom stereocenters. The molecule has 33 heavy (non-hydrogen) atoms. The fraction of sp³-hybridized carbons (Fsp3) is 0.821. The van der Waals surface area contributed by atoms with Crippen molar-refractivity contribution in [1.82, 2.24) is 5.06 Å². The summed E-state index contributed by atoms with van der Waals surface area (Å²) in [6.07, 6.45) is 29.5. The second-order valence-electron chi connectivity index (χ2n) is 9.50. The molecule has 1 fully saturated rings. The van der Waals surface area contributed by atoms with Crippen LogP contribution >= 0.6 is 0 Å². The molecule has 1 aliphatic heterocycles. The number of imide groups is 1. The maximum absolute atomic E-state index is 11.7. The Morgan fingerprint density at radius 1 is 0.667 bits per heavy atom. The number of allylic oxidation sites excluding steroid dienone is 2. The number of unbranched alkanes of at least 4 members (excludes halogenated alkanes) is 17. The summed E-state index contributed by atoms with van der Waals surface area (Å²) in [5.74, 6) is -1.31. The van der Waals surface area contributed by atoms with Gasteiger partial charge in [-0.15, -0.1) is 5.06 Å². The van der Waals surface area contributed by atoms with E-state index >= 15 is 0 Å². The van der Waals surface area contributed by atoms with E-state index in [1.54, 1.807) is 0 Å². The second-order valence-corrected chi connectivity index (χ2v) is 9.50. The fourth-order valence-corrected chi connectivity index (χ4v) is 4.21. The first-order valence-electron chi connectivity index (χ1n) is 13.9. The number of rotatable bonds is 22. The molecule has 0 bridgehead atoms. The van der Waals surface area contributed by atoms with Crippen molar-refractivity contribution in [3.8, 4) is 0 Å². The summed E-state index contributed by atoms with van der Waals surface area (Å²) in [5.41, 5.74) is 0. The van der Waals surface area contributed by atoms with Gasteiger partial charge in [-0.25, -0.2) is 4.79 Å². The van der Waals surface area contributed by atoms with Crippen molar-refractivity contribution in [2.45, 2.75) is 148 Å². The van der Waals surface area contributed by atoms with Crippen molar-refractivity contribution in [3.05, 3.63) is 12.2 Å². The minimum absolute atomic E-state index is 0.142. The summed E-state index contributed by atoms with van der Waals surface area (Å²) in [6, 6.07) is 0. The molecule has 2 amide bonds. The highest BCUT2D eigenvalue weighted by Gasteiger charge is 2.32. The van der Waals surface area contributed by atoms with E-state index in [0.717, 1.165) is 19.3 Å². The SMILES string of the molecule is CCCCCCCCC=CCCCCCCCCCCCCCC(=O)ON1C(=O)CCC1=O. The predicted molar refractivity (Wildman–Crippen MR) is 134 cm³/mol. The van der Waals surface area contributed by atoms with E-state index in [1.165, 1.54) is 103 Å². The number of hydroxylamine groups is 2. The third kappa shape index (κ3) is 16.6. The Hall–Kier alpha value is -1.65. The van der Waals surface area contributed by atoms with Gasteiger partial charge in [-0.1, -0.05) is 109 Å². The van der Waals surface area contributed by atoms with Gasteiger partial charge in [0.2, 0.25) is 0 Å². The van der Waals surface area contributed by atoms with Crippen LogP contribution in [0.25, 0.3) is 0 Å². The molecule has 0 unspecified atom stereocenters. The van der Waals surface area contributed by atoms with Crippen LogP contribution in [0.15, 0.2) is 12.2 Å². The summed E-state index contributed by atoms with van der Waals surface area (Å²) >= 11 is 0. The van der Waals surface area contributed by atoms with Gasteiger partial charge in [0.25, 0.3) is 11.8 Å². The zero-order valence-electron chi connectivity index (χ0n) is 21.3. The van der Waals surface area contributed by atoms with Crippen LogP contribution in [0.1, 0.15) is 148 Å². The highest BCUT2D eigenvalue weighted by Crippen LogP contribution is 2.15. The minimum atomic E-state index is -0.480. The molecule has 0 aliphatic carbocycles. The Bertz CT molecular complexity index is 542. The average molecular weight is 464 g/mol. The molecular formula is C28H49NO4. The van der Waals surface area contributed by atoms with Gasteiger partial charge in [0.15, 0.2) is 0 Å². The smallest absolute Gasteiger partial charge is 0.330 e. The molecule has 1 aliphatic rings. The summed E-state index contributed by atoms with van der Waals surface area (Å²) in [5, 5.41) is 0.635. The molecular weight excluding hydrogens is 414 g/mol. The average Bonchev–Trinajstić information content (AvgIpc) is 3.12. The van der Waals surface area contributed by atoms with Crippen molar-refractivity contribution in [2.75, 3.05) is 0 Å². The van der Waals surface area contributed by atoms with Crippen LogP contribution in [0.2, 0.25) is 0 Å². The van der Waals surface area contributed by atoms with Crippen LogP contribution in [-0.2, 0) is 19.2 Å². The normalized spacial score (nSPS) is 14.0. The summed E-state index contributed by atoms with van der Waals surface area (Å²) in [7, 11) is 0. The van der Waals surface area contributed by atoms with Crippen LogP contribution in [0.3, 0.4) is 0 Å². The molecule has 5 heteroatoms. The molecule has 1 rings (SSSR count). The highest BCUT2D eigenvalue weighted by molar-refractivity contribution is 6.01. The maximum atomic E-state index is 11.7. The van der Waals surface area contributed by atoms with E-state index in [-0.39, 0.29) is 19.3 Å². The number of hydrogen-bond acceptors (Lipinski definition) is 4. The van der Waals surface area contributed by atoms with Crippen LogP contribution < -0.4 is 0 Å². The quantitative estimate of drug-likeness (QED) is 0.0927. The van der Waals surface area contributed by atoms with Gasteiger partial charge >= 0.3 is 5.97 Å². The van der Waals surface area contributed by atoms with Crippen molar-refractivity contribution < 1.29 is 19.2 Å².